The van der Waals surface area contributed by atoms with Crippen LogP contribution in [0.25, 0.3) is 0 Å². The maximum atomic E-state index is 13.0. The van der Waals surface area contributed by atoms with Gasteiger partial charge in [0.25, 0.3) is 17.7 Å². The van der Waals surface area contributed by atoms with Crippen LogP contribution >= 0.6 is 0 Å². The first-order valence-corrected chi connectivity index (χ1v) is 12.3. The van der Waals surface area contributed by atoms with Crippen molar-refractivity contribution < 1.29 is 23.9 Å². The molecule has 0 radical (unpaired) electrons. The first-order chi connectivity index (χ1) is 15.8. The summed E-state index contributed by atoms with van der Waals surface area (Å²) in [6, 6.07) is 4.44. The highest BCUT2D eigenvalue weighted by Crippen LogP contribution is 2.32. The number of nitrogens with zero attached hydrogens (tertiary/aromatic N) is 1. The van der Waals surface area contributed by atoms with Gasteiger partial charge in [-0.2, -0.15) is 0 Å². The minimum absolute atomic E-state index is 0.0739. The van der Waals surface area contributed by atoms with Gasteiger partial charge in [-0.15, -0.1) is 0 Å². The molecule has 1 heterocycles. The zero-order chi connectivity index (χ0) is 23.7. The van der Waals surface area contributed by atoms with E-state index in [1.807, 2.05) is 0 Å². The van der Waals surface area contributed by atoms with Gasteiger partial charge in [-0.3, -0.25) is 19.3 Å². The van der Waals surface area contributed by atoms with Crippen LogP contribution in [-0.2, 0) is 9.53 Å². The number of ether oxygens (including phenoxy) is 1. The Morgan fingerprint density at radius 1 is 0.970 bits per heavy atom. The van der Waals surface area contributed by atoms with E-state index < -0.39 is 12.1 Å². The lowest BCUT2D eigenvalue weighted by molar-refractivity contribution is -0.130. The van der Waals surface area contributed by atoms with E-state index in [0.29, 0.717) is 17.4 Å². The van der Waals surface area contributed by atoms with E-state index in [9.17, 15) is 19.2 Å². The lowest BCUT2D eigenvalue weighted by Gasteiger charge is -2.35. The maximum absolute atomic E-state index is 13.0. The Labute approximate surface area is 195 Å². The average Bonchev–Trinajstić information content (AvgIpc) is 3.06. The number of imide groups is 1. The van der Waals surface area contributed by atoms with Gasteiger partial charge in [-0.1, -0.05) is 46.0 Å². The van der Waals surface area contributed by atoms with Crippen molar-refractivity contribution in [2.24, 2.45) is 11.8 Å². The molecule has 0 saturated heterocycles. The van der Waals surface area contributed by atoms with Gasteiger partial charge in [-0.25, -0.2) is 4.79 Å². The molecule has 2 aliphatic carbocycles. The SMILES string of the molecule is C[C@H]1[C@H](C)CCC[C@@H]1NC(=O)[C@H](C)OC(=O)c1ccc2c(c1)C(=O)N(C1CCCCC1)C2=O. The Kier molecular flexibility index (Phi) is 6.86. The van der Waals surface area contributed by atoms with Gasteiger partial charge in [0.15, 0.2) is 6.10 Å². The van der Waals surface area contributed by atoms with Crippen molar-refractivity contribution in [3.8, 4) is 0 Å². The second-order valence-corrected chi connectivity index (χ2v) is 9.96. The monoisotopic (exact) mass is 454 g/mol. The Morgan fingerprint density at radius 3 is 2.39 bits per heavy atom. The van der Waals surface area contributed by atoms with Crippen LogP contribution in [0.15, 0.2) is 18.2 Å². The minimum Gasteiger partial charge on any atom is -0.449 e. The number of carbonyl (C=O) groups excluding carboxylic acids is 4. The minimum atomic E-state index is -0.953. The summed E-state index contributed by atoms with van der Waals surface area (Å²) in [5.74, 6) is -0.708. The number of fused-ring (bicyclic) bond motifs is 1. The standard InChI is InChI=1S/C26H34N2O5/c1-15-8-7-11-22(16(15)2)27-23(29)17(3)33-26(32)18-12-13-20-21(14-18)25(31)28(24(20)30)19-9-5-4-6-10-19/h12-17,19,22H,4-11H2,1-3H3,(H,27,29)/t15-,16+,17+,22+/m1/s1. The molecule has 3 amide bonds. The molecule has 0 unspecified atom stereocenters. The van der Waals surface area contributed by atoms with Crippen molar-refractivity contribution in [1.29, 1.82) is 0 Å². The molecule has 0 aromatic heterocycles. The molecule has 2 fully saturated rings. The topological polar surface area (TPSA) is 92.8 Å². The Balaban J connectivity index is 1.41. The molecular formula is C26H34N2O5. The van der Waals surface area contributed by atoms with Crippen molar-refractivity contribution in [3.63, 3.8) is 0 Å². The van der Waals surface area contributed by atoms with Crippen molar-refractivity contribution in [3.05, 3.63) is 34.9 Å². The number of carbonyl (C=O) groups is 4. The number of amides is 3. The van der Waals surface area contributed by atoms with Crippen LogP contribution in [0, 0.1) is 11.8 Å². The zero-order valence-electron chi connectivity index (χ0n) is 19.8. The number of nitrogens with one attached hydrogen (secondary N) is 1. The normalized spacial score (nSPS) is 26.6. The molecule has 4 rings (SSSR count). The maximum Gasteiger partial charge on any atom is 0.338 e. The Hall–Kier alpha value is -2.70. The van der Waals surface area contributed by atoms with Crippen molar-refractivity contribution >= 4 is 23.7 Å². The smallest absolute Gasteiger partial charge is 0.338 e. The number of hydrogen-bond acceptors (Lipinski definition) is 5. The van der Waals surface area contributed by atoms with Crippen LogP contribution in [-0.4, -0.2) is 46.8 Å². The fourth-order valence-corrected chi connectivity index (χ4v) is 5.43. The highest BCUT2D eigenvalue weighted by molar-refractivity contribution is 6.22. The molecule has 1 aliphatic heterocycles. The second kappa shape index (κ2) is 9.65. The van der Waals surface area contributed by atoms with E-state index in [1.54, 1.807) is 6.92 Å². The molecule has 1 aromatic carbocycles. The van der Waals surface area contributed by atoms with Crippen LogP contribution in [0.4, 0.5) is 0 Å². The van der Waals surface area contributed by atoms with E-state index in [4.69, 9.17) is 4.74 Å². The third kappa shape index (κ3) is 4.68. The molecule has 178 valence electrons. The van der Waals surface area contributed by atoms with Crippen molar-refractivity contribution in [2.75, 3.05) is 0 Å². The highest BCUT2D eigenvalue weighted by atomic mass is 16.5. The number of benzene rings is 1. The third-order valence-corrected chi connectivity index (χ3v) is 7.78. The van der Waals surface area contributed by atoms with Crippen LogP contribution in [0.1, 0.15) is 103 Å². The summed E-state index contributed by atoms with van der Waals surface area (Å²) in [6.07, 6.45) is 7.00. The number of rotatable bonds is 5. The highest BCUT2D eigenvalue weighted by Gasteiger charge is 2.40. The van der Waals surface area contributed by atoms with E-state index in [-0.39, 0.29) is 40.9 Å². The van der Waals surface area contributed by atoms with Crippen molar-refractivity contribution in [2.45, 2.75) is 90.3 Å². The molecule has 7 nitrogen and oxygen atoms in total. The summed E-state index contributed by atoms with van der Waals surface area (Å²) in [7, 11) is 0. The molecule has 7 heteroatoms. The molecule has 33 heavy (non-hydrogen) atoms. The first-order valence-electron chi connectivity index (χ1n) is 12.3. The van der Waals surface area contributed by atoms with Crippen LogP contribution in [0.2, 0.25) is 0 Å². The average molecular weight is 455 g/mol. The van der Waals surface area contributed by atoms with E-state index in [1.165, 1.54) is 23.1 Å². The van der Waals surface area contributed by atoms with Crippen LogP contribution < -0.4 is 5.32 Å². The molecule has 1 aromatic rings. The summed E-state index contributed by atoms with van der Waals surface area (Å²) in [6.45, 7) is 5.89. The summed E-state index contributed by atoms with van der Waals surface area (Å²) in [5.41, 5.74) is 0.732. The number of esters is 1. The fourth-order valence-electron chi connectivity index (χ4n) is 5.43. The molecule has 4 atom stereocenters. The second-order valence-electron chi connectivity index (χ2n) is 9.96. The molecule has 0 bridgehead atoms. The summed E-state index contributed by atoms with van der Waals surface area (Å²) in [4.78, 5) is 52.5. The summed E-state index contributed by atoms with van der Waals surface area (Å²) < 4.78 is 5.41. The number of hydrogen-bond donors (Lipinski definition) is 1. The van der Waals surface area contributed by atoms with E-state index >= 15 is 0 Å². The third-order valence-electron chi connectivity index (χ3n) is 7.78. The summed E-state index contributed by atoms with van der Waals surface area (Å²) in [5, 5.41) is 3.03. The van der Waals surface area contributed by atoms with Crippen molar-refractivity contribution in [1.82, 2.24) is 10.2 Å². The largest absolute Gasteiger partial charge is 0.449 e. The van der Waals surface area contributed by atoms with Crippen LogP contribution in [0.3, 0.4) is 0 Å². The lowest BCUT2D eigenvalue weighted by atomic mass is 9.78. The first kappa shape index (κ1) is 23.5. The molecule has 1 N–H and O–H groups in total. The predicted octanol–water partition coefficient (Wildman–Crippen LogP) is 4.10. The van der Waals surface area contributed by atoms with Gasteiger partial charge in [0.05, 0.1) is 16.7 Å². The lowest BCUT2D eigenvalue weighted by Crippen LogP contribution is -2.47. The van der Waals surface area contributed by atoms with Gasteiger partial charge >= 0.3 is 5.97 Å². The fraction of sp³-hybridized carbons (Fsp3) is 0.615. The van der Waals surface area contributed by atoms with Gasteiger partial charge in [-0.05, 0) is 56.2 Å². The molecule has 2 saturated carbocycles. The van der Waals surface area contributed by atoms with Gasteiger partial charge < -0.3 is 10.1 Å². The molecule has 3 aliphatic rings. The molecule has 0 spiro atoms. The zero-order valence-corrected chi connectivity index (χ0v) is 19.8. The van der Waals surface area contributed by atoms with E-state index in [2.05, 4.69) is 19.2 Å². The Morgan fingerprint density at radius 2 is 1.67 bits per heavy atom. The van der Waals surface area contributed by atoms with Crippen LogP contribution in [0.5, 0.6) is 0 Å². The van der Waals surface area contributed by atoms with E-state index in [0.717, 1.165) is 51.4 Å². The Bertz CT molecular complexity index is 952. The summed E-state index contributed by atoms with van der Waals surface area (Å²) >= 11 is 0. The van der Waals surface area contributed by atoms with Gasteiger partial charge in [0, 0.05) is 12.1 Å². The molecular weight excluding hydrogens is 420 g/mol. The van der Waals surface area contributed by atoms with Gasteiger partial charge in [0.2, 0.25) is 0 Å². The quantitative estimate of drug-likeness (QED) is 0.534. The predicted molar refractivity (Wildman–Crippen MR) is 123 cm³/mol. The van der Waals surface area contributed by atoms with Gasteiger partial charge in [0.1, 0.15) is 0 Å².